The Labute approximate surface area is 251 Å². The maximum atomic E-state index is 11.7. The molecule has 3 aromatic carbocycles. The summed E-state index contributed by atoms with van der Waals surface area (Å²) in [6.45, 7) is 7.16. The number of phenolic OH excluding ortho intramolecular Hbond substituents is 2. The zero-order valence-corrected chi connectivity index (χ0v) is 24.7. The van der Waals surface area contributed by atoms with Crippen molar-refractivity contribution in [2.24, 2.45) is 0 Å². The molecule has 1 saturated heterocycles. The SMILES string of the molecule is CC(C)N1CCC(c2ccccc2)(c2cc(CCNC[C@H](O)c3ccc(O)c4[nH]c(=O)ccc34)ccc2O)CC1.O=CO. The second-order valence-electron chi connectivity index (χ2n) is 11.3. The van der Waals surface area contributed by atoms with Gasteiger partial charge in [0, 0.05) is 35.0 Å². The second kappa shape index (κ2) is 14.3. The van der Waals surface area contributed by atoms with Crippen LogP contribution < -0.4 is 10.9 Å². The normalized spacial score (nSPS) is 15.5. The first-order chi connectivity index (χ1) is 20.7. The van der Waals surface area contributed by atoms with Gasteiger partial charge in [-0.25, -0.2) is 0 Å². The molecule has 0 bridgehead atoms. The zero-order valence-electron chi connectivity index (χ0n) is 24.7. The fraction of sp³-hybridized carbons (Fsp3) is 0.353. The van der Waals surface area contributed by atoms with Crippen LogP contribution in [0.15, 0.2) is 77.6 Å². The first-order valence-corrected chi connectivity index (χ1v) is 14.6. The number of phenols is 2. The first kappa shape index (κ1) is 31.7. The van der Waals surface area contributed by atoms with E-state index in [1.165, 1.54) is 17.7 Å². The highest BCUT2D eigenvalue weighted by Gasteiger charge is 2.40. The summed E-state index contributed by atoms with van der Waals surface area (Å²) >= 11 is 0. The third-order valence-electron chi connectivity index (χ3n) is 8.48. The van der Waals surface area contributed by atoms with Crippen LogP contribution in [0.4, 0.5) is 0 Å². The van der Waals surface area contributed by atoms with Crippen LogP contribution >= 0.6 is 0 Å². The van der Waals surface area contributed by atoms with E-state index in [0.29, 0.717) is 41.3 Å². The predicted octanol–water partition coefficient (Wildman–Crippen LogP) is 4.30. The topological polar surface area (TPSA) is 146 Å². The molecule has 1 fully saturated rings. The molecule has 0 saturated carbocycles. The number of pyridine rings is 1. The molecule has 5 rings (SSSR count). The van der Waals surface area contributed by atoms with Gasteiger partial charge < -0.3 is 35.6 Å². The molecule has 1 atom stereocenters. The number of aromatic hydroxyl groups is 2. The number of aliphatic hydroxyl groups excluding tert-OH is 1. The first-order valence-electron chi connectivity index (χ1n) is 14.6. The number of fused-ring (bicyclic) bond motifs is 1. The number of carboxylic acid groups (broad SMARTS) is 1. The highest BCUT2D eigenvalue weighted by Crippen LogP contribution is 2.45. The maximum absolute atomic E-state index is 11.7. The molecule has 0 aliphatic carbocycles. The van der Waals surface area contributed by atoms with Crippen molar-refractivity contribution in [3.63, 3.8) is 0 Å². The Morgan fingerprint density at radius 1 is 0.977 bits per heavy atom. The number of carbonyl (C=O) groups is 1. The number of piperidine rings is 1. The number of nitrogens with zero attached hydrogens (tertiary/aromatic N) is 1. The van der Waals surface area contributed by atoms with Crippen LogP contribution in [0.2, 0.25) is 0 Å². The van der Waals surface area contributed by atoms with Crippen molar-refractivity contribution < 1.29 is 25.2 Å². The van der Waals surface area contributed by atoms with E-state index in [4.69, 9.17) is 9.90 Å². The molecular weight excluding hydrogens is 546 g/mol. The van der Waals surface area contributed by atoms with Crippen LogP contribution in [0.3, 0.4) is 0 Å². The number of rotatable bonds is 9. The van der Waals surface area contributed by atoms with Gasteiger partial charge in [0.15, 0.2) is 0 Å². The largest absolute Gasteiger partial charge is 0.508 e. The van der Waals surface area contributed by atoms with Crippen molar-refractivity contribution in [2.75, 3.05) is 26.2 Å². The van der Waals surface area contributed by atoms with Gasteiger partial charge in [-0.15, -0.1) is 0 Å². The highest BCUT2D eigenvalue weighted by atomic mass is 16.3. The van der Waals surface area contributed by atoms with Crippen molar-refractivity contribution in [3.05, 3.63) is 105 Å². The van der Waals surface area contributed by atoms with Crippen molar-refractivity contribution in [1.82, 2.24) is 15.2 Å². The van der Waals surface area contributed by atoms with Gasteiger partial charge in [-0.2, -0.15) is 0 Å². The molecule has 0 radical (unpaired) electrons. The summed E-state index contributed by atoms with van der Waals surface area (Å²) in [5.41, 5.74) is 3.79. The maximum Gasteiger partial charge on any atom is 0.290 e. The lowest BCUT2D eigenvalue weighted by Gasteiger charge is -2.44. The standard InChI is InChI=1S/C33H39N3O4.CH2O2/c1-22(2)36-18-15-33(16-19-36,24-6-4-3-5-7-24)27-20-23(8-11-28(27)37)14-17-34-21-30(39)25-9-12-29(38)32-26(25)10-13-31(40)35-32;2-1-3/h3-13,20,22,30,34,37-39H,14-19,21H2,1-2H3,(H,35,40);1H,(H,2,3)/t30-;/m0./s1. The lowest BCUT2D eigenvalue weighted by Crippen LogP contribution is -2.45. The molecule has 0 spiro atoms. The monoisotopic (exact) mass is 587 g/mol. The van der Waals surface area contributed by atoms with E-state index in [1.54, 1.807) is 12.1 Å². The summed E-state index contributed by atoms with van der Waals surface area (Å²) in [5, 5.41) is 42.9. The molecule has 1 aromatic heterocycles. The van der Waals surface area contributed by atoms with Gasteiger partial charge in [0.05, 0.1) is 11.6 Å². The fourth-order valence-electron chi connectivity index (χ4n) is 6.15. The zero-order chi connectivity index (χ0) is 31.0. The Bertz CT molecular complexity index is 1560. The summed E-state index contributed by atoms with van der Waals surface area (Å²) in [5.74, 6) is 0.314. The summed E-state index contributed by atoms with van der Waals surface area (Å²) < 4.78 is 0. The lowest BCUT2D eigenvalue weighted by molar-refractivity contribution is -0.122. The Balaban J connectivity index is 0.00000135. The second-order valence-corrected chi connectivity index (χ2v) is 11.3. The summed E-state index contributed by atoms with van der Waals surface area (Å²) in [7, 11) is 0. The number of aromatic amines is 1. The Morgan fingerprint density at radius 3 is 2.33 bits per heavy atom. The van der Waals surface area contributed by atoms with Gasteiger partial charge in [0.1, 0.15) is 11.5 Å². The van der Waals surface area contributed by atoms with E-state index in [9.17, 15) is 20.1 Å². The number of benzene rings is 3. The molecule has 4 aromatic rings. The number of H-pyrrole nitrogens is 1. The Kier molecular flexibility index (Phi) is 10.6. The smallest absolute Gasteiger partial charge is 0.290 e. The number of aliphatic hydroxyl groups is 1. The molecule has 0 unspecified atom stereocenters. The van der Waals surface area contributed by atoms with Crippen LogP contribution in [0.1, 0.15) is 55.0 Å². The van der Waals surface area contributed by atoms with Gasteiger partial charge in [0.25, 0.3) is 6.47 Å². The number of likely N-dealkylation sites (tertiary alicyclic amines) is 1. The van der Waals surface area contributed by atoms with Crippen molar-refractivity contribution in [1.29, 1.82) is 0 Å². The van der Waals surface area contributed by atoms with Gasteiger partial charge in [-0.1, -0.05) is 48.5 Å². The molecule has 9 heteroatoms. The van der Waals surface area contributed by atoms with E-state index in [-0.39, 0.29) is 23.2 Å². The minimum atomic E-state index is -0.808. The van der Waals surface area contributed by atoms with Crippen LogP contribution in [-0.2, 0) is 16.6 Å². The van der Waals surface area contributed by atoms with Crippen molar-refractivity contribution >= 4 is 17.4 Å². The average Bonchev–Trinajstić information content (AvgIpc) is 3.01. The summed E-state index contributed by atoms with van der Waals surface area (Å²) in [4.78, 5) is 25.2. The molecule has 9 nitrogen and oxygen atoms in total. The third-order valence-corrected chi connectivity index (χ3v) is 8.48. The summed E-state index contributed by atoms with van der Waals surface area (Å²) in [6, 6.07) is 23.2. The molecule has 43 heavy (non-hydrogen) atoms. The van der Waals surface area contributed by atoms with Crippen molar-refractivity contribution in [3.8, 4) is 11.5 Å². The predicted molar refractivity (Wildman–Crippen MR) is 168 cm³/mol. The van der Waals surface area contributed by atoms with Gasteiger partial charge >= 0.3 is 0 Å². The van der Waals surface area contributed by atoms with Gasteiger partial charge in [-0.3, -0.25) is 9.59 Å². The number of hydrogen-bond acceptors (Lipinski definition) is 7. The number of nitrogens with one attached hydrogen (secondary N) is 2. The number of aromatic nitrogens is 1. The fourth-order valence-corrected chi connectivity index (χ4v) is 6.15. The van der Waals surface area contributed by atoms with Gasteiger partial charge in [0.2, 0.25) is 5.56 Å². The van der Waals surface area contributed by atoms with Crippen LogP contribution in [0.25, 0.3) is 10.9 Å². The average molecular weight is 588 g/mol. The molecule has 1 aliphatic rings. The third kappa shape index (κ3) is 7.25. The van der Waals surface area contributed by atoms with Gasteiger partial charge in [-0.05, 0) is 87.6 Å². The van der Waals surface area contributed by atoms with Crippen molar-refractivity contribution in [2.45, 2.75) is 50.7 Å². The highest BCUT2D eigenvalue weighted by molar-refractivity contribution is 5.87. The molecule has 2 heterocycles. The quantitative estimate of drug-likeness (QED) is 0.126. The molecule has 1 aliphatic heterocycles. The Morgan fingerprint density at radius 2 is 1.65 bits per heavy atom. The van der Waals surface area contributed by atoms with Crippen LogP contribution in [0, 0.1) is 0 Å². The minimum Gasteiger partial charge on any atom is -0.508 e. The molecule has 0 amide bonds. The van der Waals surface area contributed by atoms with E-state index in [2.05, 4.69) is 59.4 Å². The van der Waals surface area contributed by atoms with Crippen LogP contribution in [0.5, 0.6) is 11.5 Å². The van der Waals surface area contributed by atoms with E-state index >= 15 is 0 Å². The lowest BCUT2D eigenvalue weighted by atomic mass is 9.67. The van der Waals surface area contributed by atoms with Crippen LogP contribution in [-0.4, -0.2) is 69.0 Å². The van der Waals surface area contributed by atoms with E-state index in [0.717, 1.165) is 43.5 Å². The molecule has 6 N–H and O–H groups in total. The number of hydrogen-bond donors (Lipinski definition) is 6. The minimum absolute atomic E-state index is 0.0251. The van der Waals surface area contributed by atoms with E-state index < -0.39 is 6.10 Å². The van der Waals surface area contributed by atoms with E-state index in [1.807, 2.05) is 18.2 Å². The molecule has 228 valence electrons. The Hall–Kier alpha value is -4.18. The summed E-state index contributed by atoms with van der Waals surface area (Å²) in [6.07, 6.45) is 1.83. The molecular formula is C34H41N3O6.